The molecular weight excluding hydrogens is 234 g/mol. The van der Waals surface area contributed by atoms with Gasteiger partial charge in [0.1, 0.15) is 5.75 Å². The van der Waals surface area contributed by atoms with Crippen molar-refractivity contribution in [1.82, 2.24) is 5.32 Å². The van der Waals surface area contributed by atoms with E-state index in [1.807, 2.05) is 12.1 Å². The van der Waals surface area contributed by atoms with E-state index in [-0.39, 0.29) is 6.10 Å². The van der Waals surface area contributed by atoms with Crippen molar-refractivity contribution in [3.63, 3.8) is 0 Å². The third kappa shape index (κ3) is 2.75. The molecule has 2 rings (SSSR count). The monoisotopic (exact) mass is 253 g/mol. The van der Waals surface area contributed by atoms with E-state index in [4.69, 9.17) is 16.3 Å². The van der Waals surface area contributed by atoms with Crippen molar-refractivity contribution < 1.29 is 4.74 Å². The summed E-state index contributed by atoms with van der Waals surface area (Å²) in [6.07, 6.45) is 2.41. The topological polar surface area (TPSA) is 21.3 Å². The average Bonchev–Trinajstić information content (AvgIpc) is 2.27. The number of aryl methyl sites for hydroxylation is 1. The molecule has 0 bridgehead atoms. The molecule has 1 aliphatic heterocycles. The summed E-state index contributed by atoms with van der Waals surface area (Å²) < 4.78 is 5.93. The summed E-state index contributed by atoms with van der Waals surface area (Å²) in [4.78, 5) is 0. The maximum Gasteiger partial charge on any atom is 0.127 e. The zero-order valence-corrected chi connectivity index (χ0v) is 11.5. The molecule has 0 aromatic heterocycles. The number of nitrogens with one attached hydrogen (secondary N) is 1. The van der Waals surface area contributed by atoms with Gasteiger partial charge in [0, 0.05) is 23.0 Å². The molecule has 0 fully saturated rings. The second-order valence-electron chi connectivity index (χ2n) is 4.81. The Morgan fingerprint density at radius 3 is 2.94 bits per heavy atom. The van der Waals surface area contributed by atoms with Crippen molar-refractivity contribution in [2.75, 3.05) is 6.54 Å². The Morgan fingerprint density at radius 2 is 2.24 bits per heavy atom. The Kier molecular flexibility index (Phi) is 3.95. The maximum absolute atomic E-state index is 6.13. The van der Waals surface area contributed by atoms with Crippen LogP contribution in [0.4, 0.5) is 0 Å². The van der Waals surface area contributed by atoms with Gasteiger partial charge in [0.2, 0.25) is 0 Å². The summed E-state index contributed by atoms with van der Waals surface area (Å²) >= 11 is 6.13. The first-order valence-electron chi connectivity index (χ1n) is 6.32. The van der Waals surface area contributed by atoms with Gasteiger partial charge in [-0.2, -0.15) is 0 Å². The summed E-state index contributed by atoms with van der Waals surface area (Å²) in [5.41, 5.74) is 2.34. The van der Waals surface area contributed by atoms with Crippen LogP contribution in [0.3, 0.4) is 0 Å². The fraction of sp³-hybridized carbons (Fsp3) is 0.571. The lowest BCUT2D eigenvalue weighted by Crippen LogP contribution is -2.32. The molecule has 3 heteroatoms. The first-order chi connectivity index (χ1) is 8.11. The lowest BCUT2D eigenvalue weighted by Gasteiger charge is -2.32. The van der Waals surface area contributed by atoms with Crippen LogP contribution in [0.15, 0.2) is 12.1 Å². The van der Waals surface area contributed by atoms with Crippen molar-refractivity contribution in [3.8, 4) is 5.75 Å². The number of rotatable bonds is 3. The van der Waals surface area contributed by atoms with Gasteiger partial charge in [0.25, 0.3) is 0 Å². The summed E-state index contributed by atoms with van der Waals surface area (Å²) in [6, 6.07) is 4.37. The largest absolute Gasteiger partial charge is 0.490 e. The van der Waals surface area contributed by atoms with Crippen LogP contribution >= 0.6 is 11.6 Å². The third-order valence-electron chi connectivity index (χ3n) is 3.17. The normalized spacial score (nSPS) is 23.1. The van der Waals surface area contributed by atoms with Crippen molar-refractivity contribution >= 4 is 11.6 Å². The highest BCUT2D eigenvalue weighted by molar-refractivity contribution is 6.30. The van der Waals surface area contributed by atoms with E-state index in [2.05, 4.69) is 26.1 Å². The molecule has 1 N–H and O–H groups in total. The number of halogens is 1. The van der Waals surface area contributed by atoms with Crippen LogP contribution in [-0.2, 0) is 0 Å². The fourth-order valence-corrected chi connectivity index (χ4v) is 2.68. The molecule has 1 aliphatic rings. The van der Waals surface area contributed by atoms with E-state index in [1.54, 1.807) is 0 Å². The molecule has 0 amide bonds. The summed E-state index contributed by atoms with van der Waals surface area (Å²) in [6.45, 7) is 7.39. The van der Waals surface area contributed by atoms with E-state index >= 15 is 0 Å². The minimum absolute atomic E-state index is 0.261. The van der Waals surface area contributed by atoms with Crippen LogP contribution in [-0.4, -0.2) is 12.6 Å². The number of hydrogen-bond donors (Lipinski definition) is 1. The molecule has 17 heavy (non-hydrogen) atoms. The smallest absolute Gasteiger partial charge is 0.127 e. The van der Waals surface area contributed by atoms with Crippen molar-refractivity contribution in [2.24, 2.45) is 0 Å². The van der Waals surface area contributed by atoms with Gasteiger partial charge in [-0.3, -0.25) is 0 Å². The van der Waals surface area contributed by atoms with Crippen LogP contribution in [0.25, 0.3) is 0 Å². The molecule has 0 aliphatic carbocycles. The SMILES string of the molecule is CCCNC1CC(C)Oc2c(C)cc(Cl)cc21. The van der Waals surface area contributed by atoms with Crippen molar-refractivity contribution in [1.29, 1.82) is 0 Å². The molecule has 94 valence electrons. The number of ether oxygens (including phenoxy) is 1. The van der Waals surface area contributed by atoms with Gasteiger partial charge < -0.3 is 10.1 Å². The number of benzene rings is 1. The van der Waals surface area contributed by atoms with E-state index in [0.29, 0.717) is 6.04 Å². The Labute approximate surface area is 108 Å². The molecule has 2 nitrogen and oxygen atoms in total. The Balaban J connectivity index is 2.34. The third-order valence-corrected chi connectivity index (χ3v) is 3.39. The predicted molar refractivity (Wildman–Crippen MR) is 71.9 cm³/mol. The van der Waals surface area contributed by atoms with E-state index in [1.165, 1.54) is 5.56 Å². The fourth-order valence-electron chi connectivity index (χ4n) is 2.40. The zero-order valence-electron chi connectivity index (χ0n) is 10.7. The van der Waals surface area contributed by atoms with E-state index in [0.717, 1.165) is 35.7 Å². The van der Waals surface area contributed by atoms with Gasteiger partial charge in [-0.25, -0.2) is 0 Å². The molecule has 0 saturated carbocycles. The predicted octanol–water partition coefficient (Wildman–Crippen LogP) is 3.86. The molecular formula is C14H20ClNO. The zero-order chi connectivity index (χ0) is 12.4. The van der Waals surface area contributed by atoms with Crippen LogP contribution < -0.4 is 10.1 Å². The van der Waals surface area contributed by atoms with Crippen LogP contribution in [0.1, 0.15) is 43.9 Å². The Hall–Kier alpha value is -0.730. The quantitative estimate of drug-likeness (QED) is 0.883. The van der Waals surface area contributed by atoms with Crippen LogP contribution in [0, 0.1) is 6.92 Å². The van der Waals surface area contributed by atoms with Gasteiger partial charge in [-0.05, 0) is 44.5 Å². The highest BCUT2D eigenvalue weighted by atomic mass is 35.5. The molecule has 0 spiro atoms. The molecule has 0 saturated heterocycles. The van der Waals surface area contributed by atoms with E-state index in [9.17, 15) is 0 Å². The minimum atomic E-state index is 0.261. The lowest BCUT2D eigenvalue weighted by atomic mass is 9.95. The van der Waals surface area contributed by atoms with Gasteiger partial charge >= 0.3 is 0 Å². The summed E-state index contributed by atoms with van der Waals surface area (Å²) in [7, 11) is 0. The summed E-state index contributed by atoms with van der Waals surface area (Å²) in [5.74, 6) is 1.02. The Morgan fingerprint density at radius 1 is 1.47 bits per heavy atom. The van der Waals surface area contributed by atoms with Gasteiger partial charge in [-0.1, -0.05) is 18.5 Å². The molecule has 2 atom stereocenters. The highest BCUT2D eigenvalue weighted by Crippen LogP contribution is 2.39. The molecule has 2 unspecified atom stereocenters. The van der Waals surface area contributed by atoms with E-state index < -0.39 is 0 Å². The second kappa shape index (κ2) is 5.28. The first-order valence-corrected chi connectivity index (χ1v) is 6.69. The molecule has 1 aromatic carbocycles. The van der Waals surface area contributed by atoms with Crippen molar-refractivity contribution in [2.45, 2.75) is 45.8 Å². The number of fused-ring (bicyclic) bond motifs is 1. The van der Waals surface area contributed by atoms with Crippen LogP contribution in [0.2, 0.25) is 5.02 Å². The van der Waals surface area contributed by atoms with Crippen molar-refractivity contribution in [3.05, 3.63) is 28.3 Å². The number of hydrogen-bond acceptors (Lipinski definition) is 2. The lowest BCUT2D eigenvalue weighted by molar-refractivity contribution is 0.165. The van der Waals surface area contributed by atoms with Gasteiger partial charge in [0.15, 0.2) is 0 Å². The first kappa shape index (κ1) is 12.7. The second-order valence-corrected chi connectivity index (χ2v) is 5.25. The standard InChI is InChI=1S/C14H20ClNO/c1-4-5-16-13-7-10(3)17-14-9(2)6-11(15)8-12(13)14/h6,8,10,13,16H,4-5,7H2,1-3H3. The summed E-state index contributed by atoms with van der Waals surface area (Å²) in [5, 5.41) is 4.37. The minimum Gasteiger partial charge on any atom is -0.490 e. The van der Waals surface area contributed by atoms with Crippen LogP contribution in [0.5, 0.6) is 5.75 Å². The molecule has 0 radical (unpaired) electrons. The Bertz CT molecular complexity index is 405. The maximum atomic E-state index is 6.13. The average molecular weight is 254 g/mol. The van der Waals surface area contributed by atoms with Gasteiger partial charge in [-0.15, -0.1) is 0 Å². The van der Waals surface area contributed by atoms with Gasteiger partial charge in [0.05, 0.1) is 6.10 Å². The highest BCUT2D eigenvalue weighted by Gasteiger charge is 2.26. The molecule has 1 aromatic rings. The molecule has 1 heterocycles.